The molecule has 4 N–H and O–H groups in total. The summed E-state index contributed by atoms with van der Waals surface area (Å²) in [5, 5.41) is 20.7. The second-order valence-corrected chi connectivity index (χ2v) is 6.21. The van der Waals surface area contributed by atoms with Crippen molar-refractivity contribution < 1.29 is 9.90 Å². The molecule has 0 saturated carbocycles. The molecule has 0 radical (unpaired) electrons. The van der Waals surface area contributed by atoms with Gasteiger partial charge in [-0.25, -0.2) is 0 Å². The van der Waals surface area contributed by atoms with Crippen molar-refractivity contribution in [1.82, 2.24) is 25.4 Å². The number of rotatable bonds is 4. The van der Waals surface area contributed by atoms with Gasteiger partial charge in [0, 0.05) is 37.5 Å². The molecule has 3 heterocycles. The van der Waals surface area contributed by atoms with Gasteiger partial charge in [-0.05, 0) is 35.2 Å². The van der Waals surface area contributed by atoms with Gasteiger partial charge < -0.3 is 15.4 Å². The van der Waals surface area contributed by atoms with Crippen molar-refractivity contribution in [3.63, 3.8) is 0 Å². The van der Waals surface area contributed by atoms with Gasteiger partial charge in [-0.15, -0.1) is 0 Å². The van der Waals surface area contributed by atoms with Gasteiger partial charge in [0.2, 0.25) is 0 Å². The molecule has 0 unspecified atom stereocenters. The lowest BCUT2D eigenvalue weighted by molar-refractivity contribution is 0.0883. The lowest BCUT2D eigenvalue weighted by Crippen LogP contribution is -2.42. The number of carbonyl (C=O) groups excluding carboxylic acids is 1. The van der Waals surface area contributed by atoms with Crippen molar-refractivity contribution in [2.45, 2.75) is 18.7 Å². The minimum atomic E-state index is -0.576. The molecule has 7 nitrogen and oxygen atoms in total. The van der Waals surface area contributed by atoms with Crippen molar-refractivity contribution in [2.75, 3.05) is 13.1 Å². The van der Waals surface area contributed by atoms with Gasteiger partial charge in [0.1, 0.15) is 5.69 Å². The zero-order chi connectivity index (χ0) is 16.5. The molecule has 1 aliphatic heterocycles. The van der Waals surface area contributed by atoms with Crippen molar-refractivity contribution in [3.8, 4) is 0 Å². The molecule has 24 heavy (non-hydrogen) atoms. The standard InChI is InChI=1S/C17H19N5O2/c23-16-10-22(8-11-1-2-13-12(7-11)3-5-18-13)9-15(16)20-17(24)14-4-6-19-21-14/h1-7,15-16,18,23H,8-10H2,(H,19,21)(H,20,24)/t15-,16-/m1/s1. The van der Waals surface area contributed by atoms with Crippen LogP contribution in [0.2, 0.25) is 0 Å². The van der Waals surface area contributed by atoms with E-state index in [2.05, 4.69) is 43.6 Å². The number of aliphatic hydroxyl groups is 1. The average molecular weight is 325 g/mol. The number of benzene rings is 1. The lowest BCUT2D eigenvalue weighted by atomic mass is 10.1. The quantitative estimate of drug-likeness (QED) is 0.572. The molecule has 7 heteroatoms. The van der Waals surface area contributed by atoms with Crippen LogP contribution in [-0.4, -0.2) is 56.3 Å². The van der Waals surface area contributed by atoms with E-state index in [4.69, 9.17) is 0 Å². The minimum absolute atomic E-state index is 0.243. The first kappa shape index (κ1) is 14.9. The summed E-state index contributed by atoms with van der Waals surface area (Å²) < 4.78 is 0. The fraction of sp³-hybridized carbons (Fsp3) is 0.294. The van der Waals surface area contributed by atoms with E-state index in [1.165, 1.54) is 17.1 Å². The first-order valence-electron chi connectivity index (χ1n) is 7.96. The summed E-state index contributed by atoms with van der Waals surface area (Å²) in [7, 11) is 0. The third kappa shape index (κ3) is 2.91. The Hall–Kier alpha value is -2.64. The molecule has 4 rings (SSSR count). The molecule has 2 atom stereocenters. The predicted octanol–water partition coefficient (Wildman–Crippen LogP) is 0.866. The van der Waals surface area contributed by atoms with Crippen LogP contribution in [0.5, 0.6) is 0 Å². The van der Waals surface area contributed by atoms with Crippen molar-refractivity contribution >= 4 is 16.8 Å². The SMILES string of the molecule is O=C(N[C@@H]1CN(Cc2ccc3[nH]ccc3c2)C[C@H]1O)c1ccn[nH]1. The van der Waals surface area contributed by atoms with E-state index in [0.29, 0.717) is 18.8 Å². The Labute approximate surface area is 138 Å². The Balaban J connectivity index is 1.40. The Morgan fingerprint density at radius 1 is 1.33 bits per heavy atom. The number of fused-ring (bicyclic) bond motifs is 1. The smallest absolute Gasteiger partial charge is 0.269 e. The number of amides is 1. The van der Waals surface area contributed by atoms with Crippen LogP contribution in [0.1, 0.15) is 16.1 Å². The highest BCUT2D eigenvalue weighted by molar-refractivity contribution is 5.92. The zero-order valence-corrected chi connectivity index (χ0v) is 13.1. The zero-order valence-electron chi connectivity index (χ0n) is 13.1. The summed E-state index contributed by atoms with van der Waals surface area (Å²) >= 11 is 0. The van der Waals surface area contributed by atoms with E-state index >= 15 is 0 Å². The highest BCUT2D eigenvalue weighted by Crippen LogP contribution is 2.18. The van der Waals surface area contributed by atoms with Crippen LogP contribution in [0, 0.1) is 0 Å². The Morgan fingerprint density at radius 3 is 3.08 bits per heavy atom. The van der Waals surface area contributed by atoms with E-state index in [0.717, 1.165) is 12.1 Å². The molecular formula is C17H19N5O2. The van der Waals surface area contributed by atoms with Crippen LogP contribution in [0.15, 0.2) is 42.7 Å². The van der Waals surface area contributed by atoms with Crippen LogP contribution >= 0.6 is 0 Å². The van der Waals surface area contributed by atoms with E-state index < -0.39 is 6.10 Å². The summed E-state index contributed by atoms with van der Waals surface area (Å²) in [6.45, 7) is 1.90. The predicted molar refractivity (Wildman–Crippen MR) is 89.4 cm³/mol. The Kier molecular flexibility index (Phi) is 3.79. The van der Waals surface area contributed by atoms with Gasteiger partial charge >= 0.3 is 0 Å². The molecule has 1 aromatic carbocycles. The molecule has 0 bridgehead atoms. The topological polar surface area (TPSA) is 97.0 Å². The second-order valence-electron chi connectivity index (χ2n) is 6.21. The number of nitrogens with zero attached hydrogens (tertiary/aromatic N) is 2. The van der Waals surface area contributed by atoms with Crippen molar-refractivity contribution in [2.24, 2.45) is 0 Å². The highest BCUT2D eigenvalue weighted by atomic mass is 16.3. The number of nitrogens with one attached hydrogen (secondary N) is 3. The first-order chi connectivity index (χ1) is 11.7. The van der Waals surface area contributed by atoms with Crippen molar-refractivity contribution in [3.05, 3.63) is 54.0 Å². The molecule has 1 fully saturated rings. The van der Waals surface area contributed by atoms with Crippen LogP contribution in [0.3, 0.4) is 0 Å². The van der Waals surface area contributed by atoms with E-state index in [-0.39, 0.29) is 11.9 Å². The van der Waals surface area contributed by atoms with Gasteiger partial charge in [0.05, 0.1) is 12.1 Å². The number of β-amino-alcohol motifs (C(OH)–C–C–N with tert-alkyl or cyclic N) is 1. The number of hydrogen-bond acceptors (Lipinski definition) is 4. The van der Waals surface area contributed by atoms with Gasteiger partial charge in [0.25, 0.3) is 5.91 Å². The number of carbonyl (C=O) groups is 1. The normalized spacial score (nSPS) is 21.4. The molecular weight excluding hydrogens is 306 g/mol. The number of hydrogen-bond donors (Lipinski definition) is 4. The monoisotopic (exact) mass is 325 g/mol. The molecule has 1 amide bonds. The number of H-pyrrole nitrogens is 2. The van der Waals surface area contributed by atoms with E-state index in [1.54, 1.807) is 6.07 Å². The summed E-state index contributed by atoms with van der Waals surface area (Å²) in [6, 6.07) is 9.67. The van der Waals surface area contributed by atoms with Gasteiger partial charge in [-0.1, -0.05) is 6.07 Å². The van der Waals surface area contributed by atoms with Crippen LogP contribution in [-0.2, 0) is 6.54 Å². The minimum Gasteiger partial charge on any atom is -0.390 e. The molecule has 2 aromatic heterocycles. The Bertz CT molecular complexity index is 842. The fourth-order valence-corrected chi connectivity index (χ4v) is 3.22. The van der Waals surface area contributed by atoms with Crippen molar-refractivity contribution in [1.29, 1.82) is 0 Å². The second kappa shape index (κ2) is 6.10. The summed E-state index contributed by atoms with van der Waals surface area (Å²) in [4.78, 5) is 17.4. The number of aliphatic hydroxyl groups excluding tert-OH is 1. The lowest BCUT2D eigenvalue weighted by Gasteiger charge is -2.16. The van der Waals surface area contributed by atoms with Crippen LogP contribution in [0.4, 0.5) is 0 Å². The van der Waals surface area contributed by atoms with Crippen LogP contribution < -0.4 is 5.32 Å². The van der Waals surface area contributed by atoms with E-state index in [9.17, 15) is 9.90 Å². The maximum atomic E-state index is 12.1. The number of aromatic nitrogens is 3. The third-order valence-corrected chi connectivity index (χ3v) is 4.45. The fourth-order valence-electron chi connectivity index (χ4n) is 3.22. The molecule has 3 aromatic rings. The first-order valence-corrected chi connectivity index (χ1v) is 7.96. The molecule has 0 aliphatic carbocycles. The summed E-state index contributed by atoms with van der Waals surface area (Å²) in [5.41, 5.74) is 2.71. The highest BCUT2D eigenvalue weighted by Gasteiger charge is 2.32. The maximum absolute atomic E-state index is 12.1. The van der Waals surface area contributed by atoms with Gasteiger partial charge in [-0.2, -0.15) is 5.10 Å². The van der Waals surface area contributed by atoms with Gasteiger partial charge in [-0.3, -0.25) is 14.8 Å². The number of aromatic amines is 2. The maximum Gasteiger partial charge on any atom is 0.269 e. The number of likely N-dealkylation sites (tertiary alicyclic amines) is 1. The molecule has 124 valence electrons. The molecule has 1 aliphatic rings. The third-order valence-electron chi connectivity index (χ3n) is 4.45. The average Bonchev–Trinajstić information content (AvgIpc) is 3.29. The molecule has 0 spiro atoms. The summed E-state index contributed by atoms with van der Waals surface area (Å²) in [5.74, 6) is -0.243. The van der Waals surface area contributed by atoms with Crippen LogP contribution in [0.25, 0.3) is 10.9 Å². The summed E-state index contributed by atoms with van der Waals surface area (Å²) in [6.07, 6.45) is 2.88. The van der Waals surface area contributed by atoms with Gasteiger partial charge in [0.15, 0.2) is 0 Å². The molecule has 1 saturated heterocycles. The largest absolute Gasteiger partial charge is 0.390 e. The Morgan fingerprint density at radius 2 is 2.25 bits per heavy atom. The van der Waals surface area contributed by atoms with E-state index in [1.807, 2.05) is 12.3 Å².